The Morgan fingerprint density at radius 2 is 1.81 bits per heavy atom. The number of nitrogens with zero attached hydrogens (tertiary/aromatic N) is 1. The first-order valence-corrected chi connectivity index (χ1v) is 6.72. The Morgan fingerprint density at radius 1 is 1.25 bits per heavy atom. The molecule has 1 nitrogen and oxygen atoms in total. The highest BCUT2D eigenvalue weighted by Gasteiger charge is 2.01. The van der Waals surface area contributed by atoms with Crippen LogP contribution in [0.3, 0.4) is 0 Å². The number of aliphatic imine (C=N–C) groups is 1. The van der Waals surface area contributed by atoms with E-state index in [1.165, 1.54) is 0 Å². The number of hydrogen-bond acceptors (Lipinski definition) is 1. The van der Waals surface area contributed by atoms with Crippen molar-refractivity contribution in [3.8, 4) is 0 Å². The van der Waals surface area contributed by atoms with Gasteiger partial charge in [0.05, 0.1) is 5.69 Å². The second-order valence-corrected chi connectivity index (χ2v) is 2.91. The molecule has 0 saturated carbocycles. The summed E-state index contributed by atoms with van der Waals surface area (Å²) >= 11 is 3.39. The molecule has 1 aromatic rings. The van der Waals surface area contributed by atoms with Gasteiger partial charge in [-0.15, -0.1) is 0 Å². The minimum absolute atomic E-state index is 0.795. The predicted molar refractivity (Wildman–Crippen MR) is 81.1 cm³/mol. The standard InChI is InChI=1S/C10H10BrN.2C2H6/c1-3-8-5-4-6-9(7-11)10(8)12-2;2*1-2/h3-6H,1-2,7H2;2*1-2H3. The molecule has 0 aliphatic rings. The van der Waals surface area contributed by atoms with E-state index in [1.54, 1.807) is 6.08 Å². The van der Waals surface area contributed by atoms with Gasteiger partial charge in [-0.05, 0) is 17.8 Å². The number of alkyl halides is 1. The molecule has 1 rings (SSSR count). The molecule has 0 aliphatic heterocycles. The summed E-state index contributed by atoms with van der Waals surface area (Å²) in [5, 5.41) is 0.795. The van der Waals surface area contributed by atoms with Gasteiger partial charge in [0.2, 0.25) is 0 Å². The zero-order valence-electron chi connectivity index (χ0n) is 10.8. The van der Waals surface area contributed by atoms with Crippen molar-refractivity contribution in [3.05, 3.63) is 35.9 Å². The van der Waals surface area contributed by atoms with E-state index in [9.17, 15) is 0 Å². The summed E-state index contributed by atoms with van der Waals surface area (Å²) in [5.74, 6) is 0. The smallest absolute Gasteiger partial charge is 0.0734 e. The Hall–Kier alpha value is -0.890. The quantitative estimate of drug-likeness (QED) is 0.505. The maximum atomic E-state index is 3.96. The molecule has 0 bridgehead atoms. The Balaban J connectivity index is 0. The van der Waals surface area contributed by atoms with Crippen molar-refractivity contribution in [2.24, 2.45) is 4.99 Å². The van der Waals surface area contributed by atoms with Crippen molar-refractivity contribution >= 4 is 34.4 Å². The molecule has 90 valence electrons. The third-order valence-electron chi connectivity index (χ3n) is 1.67. The lowest BCUT2D eigenvalue weighted by Gasteiger charge is -2.04. The van der Waals surface area contributed by atoms with Crippen LogP contribution in [0.5, 0.6) is 0 Å². The van der Waals surface area contributed by atoms with Crippen LogP contribution in [-0.4, -0.2) is 6.72 Å². The molecule has 0 fully saturated rings. The van der Waals surface area contributed by atoms with Crippen molar-refractivity contribution in [2.75, 3.05) is 0 Å². The van der Waals surface area contributed by atoms with E-state index < -0.39 is 0 Å². The average Bonchev–Trinajstić information content (AvgIpc) is 2.42. The van der Waals surface area contributed by atoms with Crippen molar-refractivity contribution < 1.29 is 0 Å². The van der Waals surface area contributed by atoms with Crippen molar-refractivity contribution in [2.45, 2.75) is 33.0 Å². The summed E-state index contributed by atoms with van der Waals surface area (Å²) in [6, 6.07) is 5.98. The molecule has 0 heterocycles. The highest BCUT2D eigenvalue weighted by molar-refractivity contribution is 9.08. The molecule has 0 spiro atoms. The minimum Gasteiger partial charge on any atom is -0.264 e. The lowest BCUT2D eigenvalue weighted by Crippen LogP contribution is -1.81. The first-order chi connectivity index (χ1) is 7.83. The van der Waals surface area contributed by atoms with Crippen LogP contribution >= 0.6 is 15.9 Å². The van der Waals surface area contributed by atoms with Crippen LogP contribution in [0.4, 0.5) is 5.69 Å². The van der Waals surface area contributed by atoms with Gasteiger partial charge in [-0.2, -0.15) is 0 Å². The molecular weight excluding hydrogens is 262 g/mol. The maximum Gasteiger partial charge on any atom is 0.0734 e. The Labute approximate surface area is 108 Å². The fraction of sp³-hybridized carbons (Fsp3) is 0.357. The molecule has 0 N–H and O–H groups in total. The second-order valence-electron chi connectivity index (χ2n) is 2.35. The molecule has 0 aromatic heterocycles. The van der Waals surface area contributed by atoms with Gasteiger partial charge in [0.1, 0.15) is 0 Å². The SMILES string of the molecule is C=Cc1cccc(CBr)c1N=C.CC.CC. The molecular formula is C14H22BrN. The zero-order valence-corrected chi connectivity index (χ0v) is 12.3. The van der Waals surface area contributed by atoms with E-state index in [0.29, 0.717) is 0 Å². The number of rotatable bonds is 3. The molecule has 16 heavy (non-hydrogen) atoms. The average molecular weight is 284 g/mol. The first kappa shape index (κ1) is 17.5. The van der Waals surface area contributed by atoms with Crippen molar-refractivity contribution in [1.82, 2.24) is 0 Å². The minimum atomic E-state index is 0.795. The molecule has 0 atom stereocenters. The number of halogens is 1. The molecule has 2 heteroatoms. The van der Waals surface area contributed by atoms with Gasteiger partial charge in [-0.3, -0.25) is 4.99 Å². The lowest BCUT2D eigenvalue weighted by molar-refractivity contribution is 1.38. The lowest BCUT2D eigenvalue weighted by atomic mass is 10.1. The van der Waals surface area contributed by atoms with Gasteiger partial charge in [-0.25, -0.2) is 0 Å². The van der Waals surface area contributed by atoms with Gasteiger partial charge < -0.3 is 0 Å². The number of benzene rings is 1. The van der Waals surface area contributed by atoms with Gasteiger partial charge in [0.15, 0.2) is 0 Å². The fourth-order valence-electron chi connectivity index (χ4n) is 1.08. The van der Waals surface area contributed by atoms with Crippen LogP contribution in [0.2, 0.25) is 0 Å². The van der Waals surface area contributed by atoms with E-state index in [1.807, 2.05) is 45.9 Å². The van der Waals surface area contributed by atoms with E-state index in [4.69, 9.17) is 0 Å². The first-order valence-electron chi connectivity index (χ1n) is 5.60. The van der Waals surface area contributed by atoms with Crippen LogP contribution < -0.4 is 0 Å². The van der Waals surface area contributed by atoms with Crippen LogP contribution in [0.25, 0.3) is 6.08 Å². The van der Waals surface area contributed by atoms with Crippen LogP contribution in [0.15, 0.2) is 29.8 Å². The molecule has 0 unspecified atom stereocenters. The highest BCUT2D eigenvalue weighted by atomic mass is 79.9. The normalized spacial score (nSPS) is 7.81. The van der Waals surface area contributed by atoms with Gasteiger partial charge >= 0.3 is 0 Å². The summed E-state index contributed by atoms with van der Waals surface area (Å²) < 4.78 is 0. The van der Waals surface area contributed by atoms with Crippen molar-refractivity contribution in [3.63, 3.8) is 0 Å². The van der Waals surface area contributed by atoms with E-state index in [0.717, 1.165) is 22.1 Å². The topological polar surface area (TPSA) is 12.4 Å². The zero-order chi connectivity index (χ0) is 13.0. The Morgan fingerprint density at radius 3 is 2.19 bits per heavy atom. The van der Waals surface area contributed by atoms with E-state index in [-0.39, 0.29) is 0 Å². The van der Waals surface area contributed by atoms with Crippen molar-refractivity contribution in [1.29, 1.82) is 0 Å². The summed E-state index contributed by atoms with van der Waals surface area (Å²) in [7, 11) is 0. The van der Waals surface area contributed by atoms with E-state index in [2.05, 4.69) is 34.2 Å². The largest absolute Gasteiger partial charge is 0.264 e. The number of para-hydroxylation sites is 1. The monoisotopic (exact) mass is 283 g/mol. The molecule has 0 aliphatic carbocycles. The Bertz CT molecular complexity index is 306. The summed E-state index contributed by atoms with van der Waals surface area (Å²) in [6.45, 7) is 15.2. The van der Waals surface area contributed by atoms with Crippen LogP contribution in [0.1, 0.15) is 38.8 Å². The second kappa shape index (κ2) is 12.2. The summed E-state index contributed by atoms with van der Waals surface area (Å²) in [6.07, 6.45) is 1.79. The van der Waals surface area contributed by atoms with Crippen LogP contribution in [-0.2, 0) is 5.33 Å². The molecule has 1 aromatic carbocycles. The summed E-state index contributed by atoms with van der Waals surface area (Å²) in [4.78, 5) is 3.96. The summed E-state index contributed by atoms with van der Waals surface area (Å²) in [5.41, 5.74) is 3.09. The van der Waals surface area contributed by atoms with E-state index >= 15 is 0 Å². The Kier molecular flexibility index (Phi) is 13.3. The molecule has 0 amide bonds. The highest BCUT2D eigenvalue weighted by Crippen LogP contribution is 2.26. The van der Waals surface area contributed by atoms with Gasteiger partial charge in [-0.1, -0.05) is 74.5 Å². The fourth-order valence-corrected chi connectivity index (χ4v) is 1.53. The maximum absolute atomic E-state index is 3.96. The van der Waals surface area contributed by atoms with Crippen LogP contribution in [0, 0.1) is 0 Å². The predicted octanol–water partition coefficient (Wildman–Crippen LogP) is 5.61. The third kappa shape index (κ3) is 5.26. The number of hydrogen-bond donors (Lipinski definition) is 0. The van der Waals surface area contributed by atoms with Gasteiger partial charge in [0, 0.05) is 5.33 Å². The van der Waals surface area contributed by atoms with Gasteiger partial charge in [0.25, 0.3) is 0 Å². The molecule has 0 radical (unpaired) electrons. The third-order valence-corrected chi connectivity index (χ3v) is 2.28. The molecule has 0 saturated heterocycles.